The Morgan fingerprint density at radius 2 is 2.03 bits per heavy atom. The molecule has 4 rings (SSSR count). The van der Waals surface area contributed by atoms with Crippen molar-refractivity contribution in [2.45, 2.75) is 25.9 Å². The van der Waals surface area contributed by atoms with Gasteiger partial charge in [0.1, 0.15) is 11.4 Å². The Balaban J connectivity index is 1.77. The third-order valence-corrected chi connectivity index (χ3v) is 7.73. The molecule has 1 aliphatic heterocycles. The fourth-order valence-electron chi connectivity index (χ4n) is 3.77. The normalized spacial score (nSPS) is 18.1. The van der Waals surface area contributed by atoms with Gasteiger partial charge in [-0.2, -0.15) is 0 Å². The van der Waals surface area contributed by atoms with Gasteiger partial charge in [-0.3, -0.25) is 4.79 Å². The summed E-state index contributed by atoms with van der Waals surface area (Å²) in [5.74, 6) is -1.21. The van der Waals surface area contributed by atoms with E-state index < -0.39 is 27.6 Å². The third-order valence-electron chi connectivity index (χ3n) is 5.39. The first kappa shape index (κ1) is 21.2. The maximum atomic E-state index is 14.4. The lowest BCUT2D eigenvalue weighted by atomic mass is 10.1. The van der Waals surface area contributed by atoms with Crippen LogP contribution in [0, 0.1) is 12.7 Å². The van der Waals surface area contributed by atoms with Gasteiger partial charge in [-0.25, -0.2) is 12.8 Å². The van der Waals surface area contributed by atoms with E-state index in [1.165, 1.54) is 23.1 Å². The lowest BCUT2D eigenvalue weighted by Gasteiger charge is -2.28. The molecule has 1 saturated heterocycles. The maximum Gasteiger partial charge on any atom is 0.290 e. The van der Waals surface area contributed by atoms with Crippen LogP contribution in [0.5, 0.6) is 0 Å². The molecule has 1 aliphatic rings. The highest BCUT2D eigenvalue weighted by Crippen LogP contribution is 2.32. The van der Waals surface area contributed by atoms with Gasteiger partial charge in [-0.15, -0.1) is 0 Å². The van der Waals surface area contributed by atoms with Crippen LogP contribution in [0.1, 0.15) is 28.1 Å². The fraction of sp³-hybridized carbons (Fsp3) is 0.286. The van der Waals surface area contributed by atoms with E-state index in [1.54, 1.807) is 25.1 Å². The molecule has 1 aromatic heterocycles. The van der Waals surface area contributed by atoms with Gasteiger partial charge in [0.2, 0.25) is 0 Å². The van der Waals surface area contributed by atoms with Gasteiger partial charge >= 0.3 is 0 Å². The summed E-state index contributed by atoms with van der Waals surface area (Å²) >= 11 is 12.2. The first-order valence-corrected chi connectivity index (χ1v) is 11.9. The molecule has 0 spiro atoms. The zero-order chi connectivity index (χ0) is 21.6. The van der Waals surface area contributed by atoms with Gasteiger partial charge < -0.3 is 9.32 Å². The Bertz CT molecular complexity index is 1240. The summed E-state index contributed by atoms with van der Waals surface area (Å²) in [5.41, 5.74) is 1.21. The number of carbonyl (C=O) groups is 1. The van der Waals surface area contributed by atoms with Crippen LogP contribution in [-0.2, 0) is 16.4 Å². The molecule has 0 aliphatic carbocycles. The van der Waals surface area contributed by atoms with Crippen LogP contribution in [-0.4, -0.2) is 36.8 Å². The van der Waals surface area contributed by atoms with Gasteiger partial charge in [0.05, 0.1) is 18.1 Å². The quantitative estimate of drug-likeness (QED) is 0.537. The number of benzene rings is 2. The van der Waals surface area contributed by atoms with Crippen molar-refractivity contribution < 1.29 is 22.0 Å². The third kappa shape index (κ3) is 3.94. The van der Waals surface area contributed by atoms with E-state index >= 15 is 0 Å². The molecule has 2 aromatic carbocycles. The SMILES string of the molecule is Cc1c(C(=O)N(Cc2c(F)cccc2Cl)[C@H]2CCS(=O)(=O)C2)oc2ccc(Cl)cc12. The minimum atomic E-state index is -3.28. The van der Waals surface area contributed by atoms with E-state index in [4.69, 9.17) is 27.6 Å². The van der Waals surface area contributed by atoms with E-state index in [0.717, 1.165) is 0 Å². The number of hydrogen-bond acceptors (Lipinski definition) is 4. The maximum absolute atomic E-state index is 14.4. The van der Waals surface area contributed by atoms with Crippen LogP contribution in [0.3, 0.4) is 0 Å². The van der Waals surface area contributed by atoms with Gasteiger partial charge in [0, 0.05) is 32.6 Å². The number of halogens is 3. The van der Waals surface area contributed by atoms with Gasteiger partial charge in [-0.1, -0.05) is 29.3 Å². The zero-order valence-corrected chi connectivity index (χ0v) is 18.3. The number of sulfone groups is 1. The largest absolute Gasteiger partial charge is 0.451 e. The molecule has 158 valence electrons. The number of carbonyl (C=O) groups excluding carboxylic acids is 1. The van der Waals surface area contributed by atoms with Crippen molar-refractivity contribution in [2.75, 3.05) is 11.5 Å². The fourth-order valence-corrected chi connectivity index (χ4v) is 5.89. The lowest BCUT2D eigenvalue weighted by Crippen LogP contribution is -2.41. The summed E-state index contributed by atoms with van der Waals surface area (Å²) in [6.07, 6.45) is 0.269. The van der Waals surface area contributed by atoms with E-state index in [0.29, 0.717) is 21.6 Å². The molecular weight excluding hydrogens is 452 g/mol. The summed E-state index contributed by atoms with van der Waals surface area (Å²) in [6, 6.07) is 8.67. The highest BCUT2D eigenvalue weighted by molar-refractivity contribution is 7.91. The van der Waals surface area contributed by atoms with Crippen LogP contribution in [0.25, 0.3) is 11.0 Å². The van der Waals surface area contributed by atoms with E-state index in [2.05, 4.69) is 0 Å². The molecule has 1 fully saturated rings. The van der Waals surface area contributed by atoms with Gasteiger partial charge in [0.25, 0.3) is 5.91 Å². The molecule has 0 saturated carbocycles. The second-order valence-corrected chi connectivity index (χ2v) is 10.5. The van der Waals surface area contributed by atoms with Crippen molar-refractivity contribution >= 4 is 49.9 Å². The first-order chi connectivity index (χ1) is 14.2. The molecule has 0 unspecified atom stereocenters. The number of nitrogens with zero attached hydrogens (tertiary/aromatic N) is 1. The molecule has 1 atom stereocenters. The number of furan rings is 1. The standard InChI is InChI=1S/C21H18Cl2FNO4S/c1-12-15-9-13(22)5-6-19(15)29-20(12)21(26)25(14-7-8-30(27,28)11-14)10-16-17(23)3-2-4-18(16)24/h2-6,9,14H,7-8,10-11H2,1H3/t14-/m0/s1. The van der Waals surface area contributed by atoms with Crippen LogP contribution in [0.15, 0.2) is 40.8 Å². The Morgan fingerprint density at radius 1 is 1.27 bits per heavy atom. The summed E-state index contributed by atoms with van der Waals surface area (Å²) in [4.78, 5) is 14.8. The highest BCUT2D eigenvalue weighted by Gasteiger charge is 2.37. The summed E-state index contributed by atoms with van der Waals surface area (Å²) in [7, 11) is -3.28. The number of rotatable bonds is 4. The minimum absolute atomic E-state index is 0.0266. The molecule has 30 heavy (non-hydrogen) atoms. The summed E-state index contributed by atoms with van der Waals surface area (Å²) in [6.45, 7) is 1.57. The molecule has 5 nitrogen and oxygen atoms in total. The lowest BCUT2D eigenvalue weighted by molar-refractivity contribution is 0.0647. The molecule has 3 aromatic rings. The second kappa shape index (κ2) is 7.87. The average molecular weight is 470 g/mol. The van der Waals surface area contributed by atoms with Crippen molar-refractivity contribution in [3.63, 3.8) is 0 Å². The number of aryl methyl sites for hydroxylation is 1. The second-order valence-electron chi connectivity index (χ2n) is 7.39. The molecule has 0 N–H and O–H groups in total. The molecule has 1 amide bonds. The van der Waals surface area contributed by atoms with Crippen LogP contribution < -0.4 is 0 Å². The molecule has 2 heterocycles. The smallest absolute Gasteiger partial charge is 0.290 e. The predicted molar refractivity (Wildman–Crippen MR) is 114 cm³/mol. The van der Waals surface area contributed by atoms with Crippen LogP contribution in [0.4, 0.5) is 4.39 Å². The number of hydrogen-bond donors (Lipinski definition) is 0. The average Bonchev–Trinajstić information content (AvgIpc) is 3.20. The predicted octanol–water partition coefficient (Wildman–Crippen LogP) is 5.02. The monoisotopic (exact) mass is 469 g/mol. The van der Waals surface area contributed by atoms with Gasteiger partial charge in [0.15, 0.2) is 15.6 Å². The molecular formula is C21H18Cl2FNO4S. The summed E-state index contributed by atoms with van der Waals surface area (Å²) in [5, 5.41) is 1.36. The Labute approximate surface area is 183 Å². The van der Waals surface area contributed by atoms with E-state index in [9.17, 15) is 17.6 Å². The Hall–Kier alpha value is -2.09. The first-order valence-electron chi connectivity index (χ1n) is 9.29. The number of amides is 1. The Kier molecular flexibility index (Phi) is 5.55. The summed E-state index contributed by atoms with van der Waals surface area (Å²) < 4.78 is 44.3. The van der Waals surface area contributed by atoms with Crippen LogP contribution in [0.2, 0.25) is 10.0 Å². The van der Waals surface area contributed by atoms with Crippen molar-refractivity contribution in [1.29, 1.82) is 0 Å². The Morgan fingerprint density at radius 3 is 2.70 bits per heavy atom. The van der Waals surface area contributed by atoms with Crippen molar-refractivity contribution in [2.24, 2.45) is 0 Å². The molecule has 0 bridgehead atoms. The minimum Gasteiger partial charge on any atom is -0.451 e. The van der Waals surface area contributed by atoms with E-state index in [1.807, 2.05) is 0 Å². The highest BCUT2D eigenvalue weighted by atomic mass is 35.5. The topological polar surface area (TPSA) is 67.6 Å². The van der Waals surface area contributed by atoms with Crippen molar-refractivity contribution in [3.8, 4) is 0 Å². The molecule has 9 heteroatoms. The number of fused-ring (bicyclic) bond motifs is 1. The van der Waals surface area contributed by atoms with Crippen LogP contribution >= 0.6 is 23.2 Å². The van der Waals surface area contributed by atoms with E-state index in [-0.39, 0.29) is 40.8 Å². The zero-order valence-electron chi connectivity index (χ0n) is 16.0. The van der Waals surface area contributed by atoms with Gasteiger partial charge in [-0.05, 0) is 43.7 Å². The van der Waals surface area contributed by atoms with Crippen molar-refractivity contribution in [3.05, 3.63) is 69.1 Å². The molecule has 0 radical (unpaired) electrons. The van der Waals surface area contributed by atoms with Crippen molar-refractivity contribution in [1.82, 2.24) is 4.90 Å².